The van der Waals surface area contributed by atoms with Crippen molar-refractivity contribution in [3.63, 3.8) is 0 Å². The molecule has 1 N–H and O–H groups in total. The molecule has 30 heavy (non-hydrogen) atoms. The summed E-state index contributed by atoms with van der Waals surface area (Å²) in [5.74, 6) is 0.675. The fraction of sp³-hybridized carbons (Fsp3) is 0.120. The highest BCUT2D eigenvalue weighted by Crippen LogP contribution is 2.24. The molecule has 0 aliphatic rings. The number of aromatic nitrogens is 2. The molecule has 0 saturated carbocycles. The third kappa shape index (κ3) is 4.47. The summed E-state index contributed by atoms with van der Waals surface area (Å²) in [7, 11) is 0. The number of H-pyrrole nitrogens is 1. The van der Waals surface area contributed by atoms with Gasteiger partial charge in [0.1, 0.15) is 0 Å². The van der Waals surface area contributed by atoms with Crippen LogP contribution in [0.1, 0.15) is 16.7 Å². The molecule has 0 spiro atoms. The fourth-order valence-electron chi connectivity index (χ4n) is 3.28. The number of thioether (sulfide) groups is 1. The first-order valence-electron chi connectivity index (χ1n) is 9.76. The van der Waals surface area contributed by atoms with Crippen molar-refractivity contribution in [3.05, 3.63) is 122 Å². The quantitative estimate of drug-likeness (QED) is 0.362. The Balaban J connectivity index is 1.50. The maximum absolute atomic E-state index is 12.8. The van der Waals surface area contributed by atoms with E-state index in [9.17, 15) is 9.59 Å². The van der Waals surface area contributed by atoms with Crippen LogP contribution in [0.5, 0.6) is 0 Å². The molecule has 0 saturated heterocycles. The fourth-order valence-corrected chi connectivity index (χ4v) is 4.25. The third-order valence-electron chi connectivity index (χ3n) is 5.00. The normalized spacial score (nSPS) is 10.8. The first kappa shape index (κ1) is 20.0. The van der Waals surface area contributed by atoms with Crippen LogP contribution in [-0.2, 0) is 12.3 Å². The minimum absolute atomic E-state index is 0.246. The molecule has 4 aromatic rings. The van der Waals surface area contributed by atoms with E-state index < -0.39 is 0 Å². The van der Waals surface area contributed by atoms with E-state index in [-0.39, 0.29) is 17.8 Å². The first-order chi connectivity index (χ1) is 14.6. The molecule has 150 valence electrons. The molecule has 0 bridgehead atoms. The summed E-state index contributed by atoms with van der Waals surface area (Å²) in [6.07, 6.45) is 0. The first-order valence-corrected chi connectivity index (χ1v) is 10.7. The third-order valence-corrected chi connectivity index (χ3v) is 6.17. The Labute approximate surface area is 179 Å². The van der Waals surface area contributed by atoms with Gasteiger partial charge in [0.25, 0.3) is 5.56 Å². The zero-order valence-electron chi connectivity index (χ0n) is 16.7. The van der Waals surface area contributed by atoms with Crippen molar-refractivity contribution in [2.75, 3.05) is 0 Å². The van der Waals surface area contributed by atoms with E-state index in [1.165, 1.54) is 21.9 Å². The van der Waals surface area contributed by atoms with Crippen molar-refractivity contribution < 1.29 is 0 Å². The number of rotatable bonds is 6. The Morgan fingerprint density at radius 1 is 0.767 bits per heavy atom. The Hall–Kier alpha value is -3.31. The van der Waals surface area contributed by atoms with E-state index in [0.717, 1.165) is 16.7 Å². The summed E-state index contributed by atoms with van der Waals surface area (Å²) in [5, 5.41) is 0.626. The van der Waals surface area contributed by atoms with Gasteiger partial charge < -0.3 is 4.98 Å². The van der Waals surface area contributed by atoms with E-state index in [0.29, 0.717) is 16.3 Å². The second-order valence-electron chi connectivity index (χ2n) is 7.11. The number of nitrogens with one attached hydrogen (secondary N) is 1. The van der Waals surface area contributed by atoms with Gasteiger partial charge in [0, 0.05) is 11.3 Å². The lowest BCUT2D eigenvalue weighted by Crippen LogP contribution is -2.37. The van der Waals surface area contributed by atoms with Crippen LogP contribution in [0.2, 0.25) is 0 Å². The summed E-state index contributed by atoms with van der Waals surface area (Å²) in [6, 6.07) is 28.1. The average Bonchev–Trinajstić information content (AvgIpc) is 2.80. The molecule has 1 aromatic heterocycles. The van der Waals surface area contributed by atoms with Gasteiger partial charge in [-0.15, -0.1) is 11.8 Å². The number of nitrogens with zero attached hydrogens (tertiary/aromatic N) is 1. The lowest BCUT2D eigenvalue weighted by atomic mass is 10.0. The van der Waals surface area contributed by atoms with Gasteiger partial charge in [-0.2, -0.15) is 0 Å². The maximum atomic E-state index is 12.8. The predicted molar refractivity (Wildman–Crippen MR) is 123 cm³/mol. The Bertz CT molecular complexity index is 1240. The van der Waals surface area contributed by atoms with Gasteiger partial charge in [-0.3, -0.25) is 9.36 Å². The smallest absolute Gasteiger partial charge is 0.301 e. The lowest BCUT2D eigenvalue weighted by Gasteiger charge is -2.10. The van der Waals surface area contributed by atoms with Crippen LogP contribution in [-0.4, -0.2) is 9.55 Å². The van der Waals surface area contributed by atoms with Crippen molar-refractivity contribution in [2.45, 2.75) is 24.2 Å². The van der Waals surface area contributed by atoms with Crippen LogP contribution >= 0.6 is 11.8 Å². The van der Waals surface area contributed by atoms with Crippen molar-refractivity contribution in [1.82, 2.24) is 9.55 Å². The predicted octanol–water partition coefficient (Wildman–Crippen LogP) is 4.85. The summed E-state index contributed by atoms with van der Waals surface area (Å²) < 4.78 is 1.25. The van der Waals surface area contributed by atoms with Crippen molar-refractivity contribution >= 4 is 11.8 Å². The van der Waals surface area contributed by atoms with Gasteiger partial charge >= 0.3 is 5.69 Å². The van der Waals surface area contributed by atoms with E-state index in [2.05, 4.69) is 41.4 Å². The van der Waals surface area contributed by atoms with Crippen molar-refractivity contribution in [2.24, 2.45) is 0 Å². The number of benzene rings is 3. The topological polar surface area (TPSA) is 54.9 Å². The SMILES string of the molecule is Cc1c(SCc2ccc(-c3ccccc3)cc2)[nH]c(=O)n(Cc2ccccc2)c1=O. The Morgan fingerprint density at radius 3 is 2.03 bits per heavy atom. The van der Waals surface area contributed by atoms with Crippen LogP contribution in [0.4, 0.5) is 0 Å². The lowest BCUT2D eigenvalue weighted by molar-refractivity contribution is 0.671. The number of hydrogen-bond donors (Lipinski definition) is 1. The summed E-state index contributed by atoms with van der Waals surface area (Å²) in [4.78, 5) is 28.2. The highest BCUT2D eigenvalue weighted by Gasteiger charge is 2.11. The molecule has 4 nitrogen and oxygen atoms in total. The van der Waals surface area contributed by atoms with Crippen LogP contribution < -0.4 is 11.2 Å². The van der Waals surface area contributed by atoms with Gasteiger partial charge in [0.2, 0.25) is 0 Å². The summed E-state index contributed by atoms with van der Waals surface area (Å²) in [5.41, 5.74) is 4.34. The minimum atomic E-state index is -0.378. The van der Waals surface area contributed by atoms with E-state index in [4.69, 9.17) is 0 Å². The van der Waals surface area contributed by atoms with Gasteiger partial charge in [-0.05, 0) is 29.2 Å². The number of hydrogen-bond acceptors (Lipinski definition) is 3. The molecule has 0 aliphatic heterocycles. The molecule has 0 atom stereocenters. The molecule has 0 amide bonds. The number of aromatic amines is 1. The second-order valence-corrected chi connectivity index (χ2v) is 8.10. The minimum Gasteiger partial charge on any atom is -0.301 e. The van der Waals surface area contributed by atoms with Crippen LogP contribution in [0.15, 0.2) is 99.5 Å². The maximum Gasteiger partial charge on any atom is 0.329 e. The van der Waals surface area contributed by atoms with Crippen LogP contribution in [0.3, 0.4) is 0 Å². The molecule has 1 heterocycles. The van der Waals surface area contributed by atoms with E-state index >= 15 is 0 Å². The average molecular weight is 415 g/mol. The molecule has 4 rings (SSSR count). The molecular formula is C25H22N2O2S. The van der Waals surface area contributed by atoms with Crippen LogP contribution in [0, 0.1) is 6.92 Å². The molecule has 0 aliphatic carbocycles. The molecule has 0 fully saturated rings. The van der Waals surface area contributed by atoms with E-state index in [1.807, 2.05) is 48.5 Å². The molecule has 0 radical (unpaired) electrons. The zero-order chi connectivity index (χ0) is 20.9. The van der Waals surface area contributed by atoms with Crippen LogP contribution in [0.25, 0.3) is 11.1 Å². The Morgan fingerprint density at radius 2 is 1.37 bits per heavy atom. The monoisotopic (exact) mass is 414 g/mol. The van der Waals surface area contributed by atoms with E-state index in [1.54, 1.807) is 6.92 Å². The van der Waals surface area contributed by atoms with Crippen molar-refractivity contribution in [3.8, 4) is 11.1 Å². The largest absolute Gasteiger partial charge is 0.329 e. The highest BCUT2D eigenvalue weighted by atomic mass is 32.2. The van der Waals surface area contributed by atoms with Crippen molar-refractivity contribution in [1.29, 1.82) is 0 Å². The van der Waals surface area contributed by atoms with Gasteiger partial charge in [-0.25, -0.2) is 4.79 Å². The molecule has 0 unspecified atom stereocenters. The molecule has 5 heteroatoms. The van der Waals surface area contributed by atoms with Gasteiger partial charge in [0.15, 0.2) is 0 Å². The summed E-state index contributed by atoms with van der Waals surface area (Å²) in [6.45, 7) is 2.03. The Kier molecular flexibility index (Phi) is 6.00. The van der Waals surface area contributed by atoms with Gasteiger partial charge in [-0.1, -0.05) is 84.9 Å². The zero-order valence-corrected chi connectivity index (χ0v) is 17.5. The second kappa shape index (κ2) is 9.01. The summed E-state index contributed by atoms with van der Waals surface area (Å²) >= 11 is 1.48. The standard InChI is InChI=1S/C25H22N2O2S/c1-18-23(26-25(29)27(24(18)28)16-19-8-4-2-5-9-19)30-17-20-12-14-22(15-13-20)21-10-6-3-7-11-21/h2-15H,16-17H2,1H3,(H,26,29). The molecular weight excluding hydrogens is 392 g/mol. The molecule has 3 aromatic carbocycles. The highest BCUT2D eigenvalue weighted by molar-refractivity contribution is 7.98. The van der Waals surface area contributed by atoms with Gasteiger partial charge in [0.05, 0.1) is 11.6 Å².